The average Bonchev–Trinajstić information content (AvgIpc) is 2.41. The number of para-hydroxylation sites is 1. The van der Waals surface area contributed by atoms with E-state index in [2.05, 4.69) is 0 Å². The van der Waals surface area contributed by atoms with Crippen molar-refractivity contribution in [1.29, 1.82) is 0 Å². The van der Waals surface area contributed by atoms with Crippen LogP contribution in [0.5, 0.6) is 5.75 Å². The van der Waals surface area contributed by atoms with Gasteiger partial charge < -0.3 is 4.74 Å². The summed E-state index contributed by atoms with van der Waals surface area (Å²) in [7, 11) is 0. The van der Waals surface area contributed by atoms with Gasteiger partial charge in [-0.05, 0) is 31.5 Å². The van der Waals surface area contributed by atoms with E-state index in [4.69, 9.17) is 4.74 Å². The second-order valence-electron chi connectivity index (χ2n) is 4.21. The van der Waals surface area contributed by atoms with Crippen molar-refractivity contribution in [2.75, 3.05) is 6.61 Å². The number of aryl methyl sites for hydroxylation is 1. The molecule has 0 saturated carbocycles. The van der Waals surface area contributed by atoms with Crippen LogP contribution < -0.4 is 4.74 Å². The second-order valence-corrected chi connectivity index (χ2v) is 4.21. The summed E-state index contributed by atoms with van der Waals surface area (Å²) >= 11 is 0. The number of carbonyl (C=O) groups excluding carboxylic acids is 1. The van der Waals surface area contributed by atoms with E-state index in [9.17, 15) is 9.18 Å². The molecule has 98 valence electrons. The van der Waals surface area contributed by atoms with Crippen molar-refractivity contribution in [3.8, 4) is 16.9 Å². The van der Waals surface area contributed by atoms with Crippen LogP contribution in [0.3, 0.4) is 0 Å². The molecule has 0 heterocycles. The SMILES string of the molecule is CCOc1ccccc1-c1c(C)ccc(C=O)c1F. The van der Waals surface area contributed by atoms with E-state index in [1.807, 2.05) is 26.0 Å². The molecule has 0 amide bonds. The molecule has 0 fully saturated rings. The zero-order valence-electron chi connectivity index (χ0n) is 10.9. The van der Waals surface area contributed by atoms with Crippen molar-refractivity contribution in [3.05, 3.63) is 53.3 Å². The molecular weight excluding hydrogens is 243 g/mol. The van der Waals surface area contributed by atoms with Gasteiger partial charge in [0.2, 0.25) is 0 Å². The third-order valence-corrected chi connectivity index (χ3v) is 2.96. The summed E-state index contributed by atoms with van der Waals surface area (Å²) in [6.07, 6.45) is 0.529. The Hall–Kier alpha value is -2.16. The fourth-order valence-corrected chi connectivity index (χ4v) is 2.06. The maximum absolute atomic E-state index is 14.4. The molecule has 0 bridgehead atoms. The largest absolute Gasteiger partial charge is 0.493 e. The highest BCUT2D eigenvalue weighted by Crippen LogP contribution is 2.35. The van der Waals surface area contributed by atoms with Gasteiger partial charge in [-0.3, -0.25) is 4.79 Å². The molecule has 2 aromatic carbocycles. The monoisotopic (exact) mass is 258 g/mol. The summed E-state index contributed by atoms with van der Waals surface area (Å²) in [5.74, 6) is 0.122. The van der Waals surface area contributed by atoms with Gasteiger partial charge in [0.15, 0.2) is 6.29 Å². The van der Waals surface area contributed by atoms with Crippen molar-refractivity contribution in [1.82, 2.24) is 0 Å². The minimum atomic E-state index is -0.498. The molecule has 0 aromatic heterocycles. The first-order valence-corrected chi connectivity index (χ1v) is 6.15. The Morgan fingerprint density at radius 2 is 1.95 bits per heavy atom. The highest BCUT2D eigenvalue weighted by molar-refractivity contribution is 5.82. The van der Waals surface area contributed by atoms with Crippen LogP contribution in [-0.4, -0.2) is 12.9 Å². The lowest BCUT2D eigenvalue weighted by atomic mass is 9.96. The first-order chi connectivity index (χ1) is 9.19. The minimum Gasteiger partial charge on any atom is -0.493 e. The molecule has 0 unspecified atom stereocenters. The zero-order valence-corrected chi connectivity index (χ0v) is 10.9. The van der Waals surface area contributed by atoms with Crippen molar-refractivity contribution in [2.45, 2.75) is 13.8 Å². The van der Waals surface area contributed by atoms with Crippen molar-refractivity contribution in [2.24, 2.45) is 0 Å². The quantitative estimate of drug-likeness (QED) is 0.774. The number of aldehydes is 1. The summed E-state index contributed by atoms with van der Waals surface area (Å²) in [6, 6.07) is 10.5. The Bertz CT molecular complexity index is 606. The first kappa shape index (κ1) is 13.3. The normalized spacial score (nSPS) is 10.3. The predicted molar refractivity (Wildman–Crippen MR) is 73.1 cm³/mol. The van der Waals surface area contributed by atoms with Crippen LogP contribution in [0.4, 0.5) is 4.39 Å². The number of benzene rings is 2. The molecule has 3 heteroatoms. The molecule has 0 aliphatic carbocycles. The van der Waals surface area contributed by atoms with E-state index in [1.165, 1.54) is 6.07 Å². The maximum atomic E-state index is 14.4. The lowest BCUT2D eigenvalue weighted by Crippen LogP contribution is -1.99. The molecule has 2 rings (SSSR count). The third-order valence-electron chi connectivity index (χ3n) is 2.96. The van der Waals surface area contributed by atoms with Gasteiger partial charge in [-0.25, -0.2) is 4.39 Å². The van der Waals surface area contributed by atoms with Crippen LogP contribution in [-0.2, 0) is 0 Å². The number of ether oxygens (including phenoxy) is 1. The Morgan fingerprint density at radius 1 is 1.21 bits per heavy atom. The highest BCUT2D eigenvalue weighted by Gasteiger charge is 2.16. The van der Waals surface area contributed by atoms with E-state index in [0.29, 0.717) is 29.8 Å². The molecule has 0 spiro atoms. The molecule has 0 aliphatic heterocycles. The van der Waals surface area contributed by atoms with E-state index in [-0.39, 0.29) is 5.56 Å². The van der Waals surface area contributed by atoms with Gasteiger partial charge in [0.25, 0.3) is 0 Å². The minimum absolute atomic E-state index is 0.0619. The summed E-state index contributed by atoms with van der Waals surface area (Å²) in [5.41, 5.74) is 1.93. The zero-order chi connectivity index (χ0) is 13.8. The van der Waals surface area contributed by atoms with Crippen LogP contribution in [0, 0.1) is 12.7 Å². The number of rotatable bonds is 4. The molecule has 0 radical (unpaired) electrons. The van der Waals surface area contributed by atoms with Crippen LogP contribution >= 0.6 is 0 Å². The molecule has 0 aliphatic rings. The van der Waals surface area contributed by atoms with Crippen molar-refractivity contribution in [3.63, 3.8) is 0 Å². The standard InChI is InChI=1S/C16H15FO2/c1-3-19-14-7-5-4-6-13(14)15-11(2)8-9-12(10-18)16(15)17/h4-10H,3H2,1-2H3. The van der Waals surface area contributed by atoms with Gasteiger partial charge in [-0.15, -0.1) is 0 Å². The Morgan fingerprint density at radius 3 is 2.63 bits per heavy atom. The van der Waals surface area contributed by atoms with Crippen LogP contribution in [0.1, 0.15) is 22.8 Å². The maximum Gasteiger partial charge on any atom is 0.153 e. The van der Waals surface area contributed by atoms with E-state index in [1.54, 1.807) is 18.2 Å². The smallest absolute Gasteiger partial charge is 0.153 e. The van der Waals surface area contributed by atoms with Crippen LogP contribution in [0.15, 0.2) is 36.4 Å². The molecule has 0 saturated heterocycles. The van der Waals surface area contributed by atoms with Gasteiger partial charge in [0.05, 0.1) is 12.2 Å². The topological polar surface area (TPSA) is 26.3 Å². The predicted octanol–water partition coefficient (Wildman–Crippen LogP) is 4.01. The average molecular weight is 258 g/mol. The van der Waals surface area contributed by atoms with Gasteiger partial charge >= 0.3 is 0 Å². The molecular formula is C16H15FO2. The number of hydrogen-bond acceptors (Lipinski definition) is 2. The lowest BCUT2D eigenvalue weighted by molar-refractivity contribution is 0.112. The summed E-state index contributed by atoms with van der Waals surface area (Å²) < 4.78 is 19.9. The Kier molecular flexibility index (Phi) is 3.95. The van der Waals surface area contributed by atoms with Crippen LogP contribution in [0.25, 0.3) is 11.1 Å². The highest BCUT2D eigenvalue weighted by atomic mass is 19.1. The van der Waals surface area contributed by atoms with Gasteiger partial charge in [0.1, 0.15) is 11.6 Å². The van der Waals surface area contributed by atoms with Crippen molar-refractivity contribution >= 4 is 6.29 Å². The fourth-order valence-electron chi connectivity index (χ4n) is 2.06. The molecule has 0 atom stereocenters. The lowest BCUT2D eigenvalue weighted by Gasteiger charge is -2.13. The van der Waals surface area contributed by atoms with E-state index >= 15 is 0 Å². The van der Waals surface area contributed by atoms with Gasteiger partial charge in [-0.1, -0.05) is 24.3 Å². The second kappa shape index (κ2) is 5.65. The summed E-state index contributed by atoms with van der Waals surface area (Å²) in [5, 5.41) is 0. The third kappa shape index (κ3) is 2.50. The van der Waals surface area contributed by atoms with E-state index in [0.717, 1.165) is 5.56 Å². The number of hydrogen-bond donors (Lipinski definition) is 0. The number of halogens is 1. The van der Waals surface area contributed by atoms with Crippen molar-refractivity contribution < 1.29 is 13.9 Å². The van der Waals surface area contributed by atoms with Crippen LogP contribution in [0.2, 0.25) is 0 Å². The molecule has 2 aromatic rings. The summed E-state index contributed by atoms with van der Waals surface area (Å²) in [6.45, 7) is 4.20. The summed E-state index contributed by atoms with van der Waals surface area (Å²) in [4.78, 5) is 10.9. The Balaban J connectivity index is 2.68. The fraction of sp³-hybridized carbons (Fsp3) is 0.188. The van der Waals surface area contributed by atoms with Gasteiger partial charge in [0, 0.05) is 11.1 Å². The molecule has 19 heavy (non-hydrogen) atoms. The number of carbonyl (C=O) groups is 1. The van der Waals surface area contributed by atoms with Gasteiger partial charge in [-0.2, -0.15) is 0 Å². The first-order valence-electron chi connectivity index (χ1n) is 6.15. The molecule has 0 N–H and O–H groups in total. The van der Waals surface area contributed by atoms with E-state index < -0.39 is 5.82 Å². The Labute approximate surface area is 111 Å². The molecule has 2 nitrogen and oxygen atoms in total.